The van der Waals surface area contributed by atoms with Crippen LogP contribution in [0.3, 0.4) is 0 Å². The van der Waals surface area contributed by atoms with Gasteiger partial charge in [-0.3, -0.25) is 4.79 Å². The van der Waals surface area contributed by atoms with Crippen LogP contribution in [0.1, 0.15) is 18.9 Å². The molecule has 0 atom stereocenters. The minimum absolute atomic E-state index is 0.00353. The highest BCUT2D eigenvalue weighted by Gasteiger charge is 2.31. The molecule has 4 aromatic rings. The lowest BCUT2D eigenvalue weighted by molar-refractivity contribution is -0.137. The molecule has 1 aliphatic rings. The molecule has 35 heavy (non-hydrogen) atoms. The third-order valence-electron chi connectivity index (χ3n) is 6.12. The number of alkyl halides is 2. The van der Waals surface area contributed by atoms with E-state index in [4.69, 9.17) is 14.4 Å². The number of fused-ring (bicyclic) bond motifs is 1. The average molecular weight is 482 g/mol. The minimum Gasteiger partial charge on any atom is -0.481 e. The van der Waals surface area contributed by atoms with Crippen molar-refractivity contribution in [3.05, 3.63) is 54.2 Å². The number of anilines is 1. The molecule has 0 aliphatic carbocycles. The molecule has 0 bridgehead atoms. The van der Waals surface area contributed by atoms with E-state index in [1.54, 1.807) is 12.1 Å². The number of aliphatic carboxylic acids is 1. The van der Waals surface area contributed by atoms with Crippen LogP contribution in [0.15, 0.2) is 53.2 Å². The van der Waals surface area contributed by atoms with E-state index in [1.807, 2.05) is 39.9 Å². The lowest BCUT2D eigenvalue weighted by Gasteiger charge is -2.32. The Labute approximate surface area is 199 Å². The van der Waals surface area contributed by atoms with Crippen molar-refractivity contribution >= 4 is 22.6 Å². The number of aromatic nitrogens is 3. The predicted molar refractivity (Wildman–Crippen MR) is 126 cm³/mol. The molecule has 8 nitrogen and oxygen atoms in total. The van der Waals surface area contributed by atoms with Gasteiger partial charge in [-0.15, -0.1) is 0 Å². The summed E-state index contributed by atoms with van der Waals surface area (Å²) in [5, 5.41) is 13.9. The van der Waals surface area contributed by atoms with Gasteiger partial charge in [0.1, 0.15) is 0 Å². The quantitative estimate of drug-likeness (QED) is 0.405. The number of carbonyl (C=O) groups is 1. The number of carboxylic acid groups (broad SMARTS) is 1. The molecule has 1 N–H and O–H groups in total. The molecular formula is C25H24F2N4O4. The number of nitrogens with zero attached hydrogens (tertiary/aromatic N) is 4. The zero-order valence-electron chi connectivity index (χ0n) is 19.1. The van der Waals surface area contributed by atoms with E-state index in [0.717, 1.165) is 17.8 Å². The Morgan fingerprint density at radius 1 is 1.17 bits per heavy atom. The van der Waals surface area contributed by atoms with Crippen molar-refractivity contribution in [2.75, 3.05) is 31.2 Å². The first-order valence-corrected chi connectivity index (χ1v) is 11.3. The van der Waals surface area contributed by atoms with Crippen molar-refractivity contribution in [1.29, 1.82) is 0 Å². The predicted octanol–water partition coefficient (Wildman–Crippen LogP) is 4.78. The van der Waals surface area contributed by atoms with E-state index >= 15 is 0 Å². The largest absolute Gasteiger partial charge is 0.481 e. The zero-order valence-corrected chi connectivity index (χ0v) is 19.1. The standard InChI is InChI=1S/C25H24F2N4O4/c1-25(26,27)19-15-16(5-6-21(19)31-11-13-34-14-12-31)23-28-24(35-29-23)18-3-2-4-20-17(18)7-9-30(20)10-8-22(32)33/h2-7,9,15H,8,10-14H2,1H3,(H,32,33). The normalized spacial score (nSPS) is 14.5. The highest BCUT2D eigenvalue weighted by atomic mass is 19.3. The highest BCUT2D eigenvalue weighted by molar-refractivity contribution is 5.93. The number of hydrogen-bond donors (Lipinski definition) is 1. The smallest absolute Gasteiger partial charge is 0.305 e. The molecule has 0 saturated carbocycles. The van der Waals surface area contributed by atoms with Gasteiger partial charge >= 0.3 is 5.97 Å². The molecule has 10 heteroatoms. The van der Waals surface area contributed by atoms with E-state index in [2.05, 4.69) is 10.1 Å². The topological polar surface area (TPSA) is 93.6 Å². The average Bonchev–Trinajstić information content (AvgIpc) is 3.50. The lowest BCUT2D eigenvalue weighted by Crippen LogP contribution is -2.37. The van der Waals surface area contributed by atoms with Crippen molar-refractivity contribution < 1.29 is 27.9 Å². The van der Waals surface area contributed by atoms with Crippen LogP contribution in [0.25, 0.3) is 33.7 Å². The summed E-state index contributed by atoms with van der Waals surface area (Å²) in [6.45, 7) is 3.30. The number of carboxylic acids is 1. The van der Waals surface area contributed by atoms with Gasteiger partial charge in [0, 0.05) is 66.0 Å². The number of rotatable bonds is 7. The van der Waals surface area contributed by atoms with Crippen LogP contribution in [0, 0.1) is 0 Å². The van der Waals surface area contributed by atoms with E-state index in [1.165, 1.54) is 6.07 Å². The van der Waals surface area contributed by atoms with E-state index in [-0.39, 0.29) is 23.7 Å². The number of ether oxygens (including phenoxy) is 1. The minimum atomic E-state index is -3.05. The Morgan fingerprint density at radius 3 is 2.71 bits per heavy atom. The molecule has 2 aromatic carbocycles. The molecule has 0 radical (unpaired) electrons. The Balaban J connectivity index is 1.49. The van der Waals surface area contributed by atoms with Gasteiger partial charge in [0.05, 0.1) is 19.6 Å². The van der Waals surface area contributed by atoms with Crippen molar-refractivity contribution in [3.63, 3.8) is 0 Å². The summed E-state index contributed by atoms with van der Waals surface area (Å²) < 4.78 is 41.8. The molecule has 1 saturated heterocycles. The van der Waals surface area contributed by atoms with Crippen molar-refractivity contribution in [1.82, 2.24) is 14.7 Å². The second-order valence-corrected chi connectivity index (χ2v) is 8.53. The first-order chi connectivity index (χ1) is 16.8. The monoisotopic (exact) mass is 482 g/mol. The molecular weight excluding hydrogens is 458 g/mol. The van der Waals surface area contributed by atoms with Crippen LogP contribution in [-0.2, 0) is 22.0 Å². The number of benzene rings is 2. The molecule has 0 amide bonds. The van der Waals surface area contributed by atoms with Crippen LogP contribution in [0.5, 0.6) is 0 Å². The molecule has 5 rings (SSSR count). The Hall–Kier alpha value is -3.79. The summed E-state index contributed by atoms with van der Waals surface area (Å²) >= 11 is 0. The zero-order chi connectivity index (χ0) is 24.6. The molecule has 2 aromatic heterocycles. The van der Waals surface area contributed by atoms with Crippen LogP contribution < -0.4 is 4.90 Å². The molecule has 0 unspecified atom stereocenters. The fourth-order valence-corrected chi connectivity index (χ4v) is 4.38. The van der Waals surface area contributed by atoms with Gasteiger partial charge in [-0.1, -0.05) is 11.2 Å². The van der Waals surface area contributed by atoms with Gasteiger partial charge in [-0.05, 0) is 36.4 Å². The second kappa shape index (κ2) is 9.10. The summed E-state index contributed by atoms with van der Waals surface area (Å²) in [6, 6.07) is 12.2. The molecule has 1 aliphatic heterocycles. The fraction of sp³-hybridized carbons (Fsp3) is 0.320. The maximum atomic E-state index is 14.6. The lowest BCUT2D eigenvalue weighted by atomic mass is 10.0. The number of halogens is 2. The second-order valence-electron chi connectivity index (χ2n) is 8.53. The summed E-state index contributed by atoms with van der Waals surface area (Å²) in [6.07, 6.45) is 1.82. The van der Waals surface area contributed by atoms with Gasteiger partial charge in [-0.25, -0.2) is 8.78 Å². The molecule has 1 fully saturated rings. The Kier molecular flexibility index (Phi) is 5.98. The van der Waals surface area contributed by atoms with Gasteiger partial charge in [0.2, 0.25) is 5.82 Å². The SMILES string of the molecule is CC(F)(F)c1cc(-c2noc(-c3cccc4c3ccn4CCC(=O)O)n2)ccc1N1CCOCC1. The van der Waals surface area contributed by atoms with E-state index < -0.39 is 11.9 Å². The molecule has 3 heterocycles. The summed E-state index contributed by atoms with van der Waals surface area (Å²) in [5.74, 6) is -3.47. The third-order valence-corrected chi connectivity index (χ3v) is 6.12. The first kappa shape index (κ1) is 23.0. The fourth-order valence-electron chi connectivity index (χ4n) is 4.38. The Bertz CT molecular complexity index is 1370. The number of morpholine rings is 1. The maximum absolute atomic E-state index is 14.6. The van der Waals surface area contributed by atoms with Crippen molar-refractivity contribution in [2.24, 2.45) is 0 Å². The van der Waals surface area contributed by atoms with Crippen LogP contribution in [0.2, 0.25) is 0 Å². The molecule has 0 spiro atoms. The maximum Gasteiger partial charge on any atom is 0.305 e. The summed E-state index contributed by atoms with van der Waals surface area (Å²) in [4.78, 5) is 17.3. The van der Waals surface area contributed by atoms with Gasteiger partial charge in [-0.2, -0.15) is 4.98 Å². The van der Waals surface area contributed by atoms with E-state index in [9.17, 15) is 13.6 Å². The van der Waals surface area contributed by atoms with Crippen LogP contribution in [-0.4, -0.2) is 52.1 Å². The molecule has 182 valence electrons. The number of hydrogen-bond acceptors (Lipinski definition) is 6. The van der Waals surface area contributed by atoms with Gasteiger partial charge in [0.25, 0.3) is 11.8 Å². The summed E-state index contributed by atoms with van der Waals surface area (Å²) in [5.41, 5.74) is 2.33. The first-order valence-electron chi connectivity index (χ1n) is 11.3. The van der Waals surface area contributed by atoms with Crippen molar-refractivity contribution in [3.8, 4) is 22.8 Å². The highest BCUT2D eigenvalue weighted by Crippen LogP contribution is 2.38. The van der Waals surface area contributed by atoms with Crippen molar-refractivity contribution in [2.45, 2.75) is 25.8 Å². The summed E-state index contributed by atoms with van der Waals surface area (Å²) in [7, 11) is 0. The number of aryl methyl sites for hydroxylation is 1. The van der Waals surface area contributed by atoms with E-state index in [0.29, 0.717) is 49.7 Å². The Morgan fingerprint density at radius 2 is 1.97 bits per heavy atom. The van der Waals surface area contributed by atoms with Gasteiger partial charge < -0.3 is 23.8 Å². The van der Waals surface area contributed by atoms with Gasteiger partial charge in [0.15, 0.2) is 0 Å². The van der Waals surface area contributed by atoms with Crippen LogP contribution >= 0.6 is 0 Å². The van der Waals surface area contributed by atoms with Crippen LogP contribution in [0.4, 0.5) is 14.5 Å². The third kappa shape index (κ3) is 4.61.